The van der Waals surface area contributed by atoms with E-state index in [0.717, 1.165) is 36.5 Å². The fourth-order valence-electron chi connectivity index (χ4n) is 1.95. The molecule has 1 saturated carbocycles. The molecule has 1 heterocycles. The zero-order valence-corrected chi connectivity index (χ0v) is 11.5. The highest BCUT2D eigenvalue weighted by Gasteiger charge is 2.28. The number of amides is 1. The van der Waals surface area contributed by atoms with Gasteiger partial charge in [0.25, 0.3) is 0 Å². The Hall–Kier alpha value is -1.46. The lowest BCUT2D eigenvalue weighted by molar-refractivity contribution is -0.122. The van der Waals surface area contributed by atoms with Gasteiger partial charge in [0.15, 0.2) is 0 Å². The van der Waals surface area contributed by atoms with Crippen LogP contribution >= 0.6 is 11.3 Å². The molecule has 0 spiro atoms. The molecule has 0 atom stereocenters. The first-order valence-electron chi connectivity index (χ1n) is 6.66. The molecule has 1 aromatic carbocycles. The van der Waals surface area contributed by atoms with Crippen LogP contribution in [0.3, 0.4) is 0 Å². The Labute approximate surface area is 116 Å². The van der Waals surface area contributed by atoms with E-state index in [1.807, 2.05) is 18.2 Å². The van der Waals surface area contributed by atoms with Gasteiger partial charge in [-0.15, -0.1) is 11.3 Å². The zero-order chi connectivity index (χ0) is 13.1. The topological polar surface area (TPSA) is 54.0 Å². The Balaban J connectivity index is 1.40. The maximum absolute atomic E-state index is 11.4. The Morgan fingerprint density at radius 1 is 1.32 bits per heavy atom. The number of rotatable bonds is 6. The summed E-state index contributed by atoms with van der Waals surface area (Å²) in [7, 11) is 0. The van der Waals surface area contributed by atoms with Gasteiger partial charge >= 0.3 is 0 Å². The summed E-state index contributed by atoms with van der Waals surface area (Å²) in [5.74, 6) is 0.506. The number of aromatic nitrogens is 1. The van der Waals surface area contributed by atoms with Crippen LogP contribution in [0.2, 0.25) is 0 Å². The number of thiazole rings is 1. The lowest BCUT2D eigenvalue weighted by Crippen LogP contribution is -2.32. The smallest absolute Gasteiger partial charge is 0.223 e. The molecule has 1 fully saturated rings. The van der Waals surface area contributed by atoms with Gasteiger partial charge in [-0.3, -0.25) is 4.79 Å². The number of carbonyl (C=O) groups excluding carboxylic acids is 1. The van der Waals surface area contributed by atoms with E-state index in [9.17, 15) is 4.79 Å². The van der Waals surface area contributed by atoms with Crippen molar-refractivity contribution in [1.82, 2.24) is 15.6 Å². The van der Waals surface area contributed by atoms with Crippen molar-refractivity contribution in [2.45, 2.75) is 19.4 Å². The van der Waals surface area contributed by atoms with Gasteiger partial charge in [-0.25, -0.2) is 4.98 Å². The monoisotopic (exact) mass is 275 g/mol. The SMILES string of the molecule is O=C(NCCNCc1nc2ccccc2s1)C1CC1. The van der Waals surface area contributed by atoms with Gasteiger partial charge in [-0.2, -0.15) is 0 Å². The molecular weight excluding hydrogens is 258 g/mol. The molecule has 0 saturated heterocycles. The first-order chi connectivity index (χ1) is 9.33. The van der Waals surface area contributed by atoms with Crippen molar-refractivity contribution in [3.63, 3.8) is 0 Å². The molecule has 100 valence electrons. The minimum atomic E-state index is 0.210. The highest BCUT2D eigenvalue weighted by atomic mass is 32.1. The second-order valence-electron chi connectivity index (χ2n) is 4.82. The predicted octanol–water partition coefficient (Wildman–Crippen LogP) is 1.91. The van der Waals surface area contributed by atoms with Gasteiger partial charge in [0.2, 0.25) is 5.91 Å². The zero-order valence-electron chi connectivity index (χ0n) is 10.7. The number of carbonyl (C=O) groups is 1. The van der Waals surface area contributed by atoms with Crippen LogP contribution in [-0.2, 0) is 11.3 Å². The van der Waals surface area contributed by atoms with Crippen molar-refractivity contribution in [2.24, 2.45) is 5.92 Å². The summed E-state index contributed by atoms with van der Waals surface area (Å²) in [5.41, 5.74) is 1.06. The molecule has 19 heavy (non-hydrogen) atoms. The van der Waals surface area contributed by atoms with Crippen LogP contribution in [0.15, 0.2) is 24.3 Å². The summed E-state index contributed by atoms with van der Waals surface area (Å²) in [6.45, 7) is 2.24. The molecule has 5 heteroatoms. The third-order valence-electron chi connectivity index (χ3n) is 3.16. The molecule has 0 bridgehead atoms. The van der Waals surface area contributed by atoms with Gasteiger partial charge in [0.1, 0.15) is 5.01 Å². The molecule has 4 nitrogen and oxygen atoms in total. The summed E-state index contributed by atoms with van der Waals surface area (Å²) < 4.78 is 1.22. The molecule has 0 radical (unpaired) electrons. The van der Waals surface area contributed by atoms with Crippen molar-refractivity contribution in [3.05, 3.63) is 29.3 Å². The predicted molar refractivity (Wildman–Crippen MR) is 77.1 cm³/mol. The molecule has 1 aliphatic rings. The molecule has 2 aromatic rings. The number of benzene rings is 1. The molecule has 1 aliphatic carbocycles. The molecular formula is C14H17N3OS. The van der Waals surface area contributed by atoms with Gasteiger partial charge in [0, 0.05) is 25.6 Å². The minimum Gasteiger partial charge on any atom is -0.355 e. The van der Waals surface area contributed by atoms with Crippen LogP contribution in [0.1, 0.15) is 17.8 Å². The summed E-state index contributed by atoms with van der Waals surface area (Å²) in [6, 6.07) is 8.16. The van der Waals surface area contributed by atoms with E-state index in [0.29, 0.717) is 12.5 Å². The molecule has 3 rings (SSSR count). The summed E-state index contributed by atoms with van der Waals surface area (Å²) >= 11 is 1.72. The van der Waals surface area contributed by atoms with E-state index in [-0.39, 0.29) is 5.91 Å². The van der Waals surface area contributed by atoms with Gasteiger partial charge in [-0.05, 0) is 25.0 Å². The number of hydrogen-bond donors (Lipinski definition) is 2. The molecule has 0 unspecified atom stereocenters. The molecule has 2 N–H and O–H groups in total. The van der Waals surface area contributed by atoms with E-state index < -0.39 is 0 Å². The Morgan fingerprint density at radius 3 is 2.95 bits per heavy atom. The first-order valence-corrected chi connectivity index (χ1v) is 7.47. The van der Waals surface area contributed by atoms with Gasteiger partial charge in [0.05, 0.1) is 10.2 Å². The number of fused-ring (bicyclic) bond motifs is 1. The number of hydrogen-bond acceptors (Lipinski definition) is 4. The highest BCUT2D eigenvalue weighted by molar-refractivity contribution is 7.18. The second kappa shape index (κ2) is 5.67. The largest absolute Gasteiger partial charge is 0.355 e. The van der Waals surface area contributed by atoms with Crippen LogP contribution in [-0.4, -0.2) is 24.0 Å². The van der Waals surface area contributed by atoms with Crippen molar-refractivity contribution in [1.29, 1.82) is 0 Å². The van der Waals surface area contributed by atoms with Crippen molar-refractivity contribution >= 4 is 27.5 Å². The Morgan fingerprint density at radius 2 is 2.16 bits per heavy atom. The van der Waals surface area contributed by atoms with Crippen LogP contribution in [0.25, 0.3) is 10.2 Å². The quantitative estimate of drug-likeness (QED) is 0.792. The fraction of sp³-hybridized carbons (Fsp3) is 0.429. The standard InChI is InChI=1S/C14H17N3OS/c18-14(10-5-6-10)16-8-7-15-9-13-17-11-3-1-2-4-12(11)19-13/h1-4,10,15H,5-9H2,(H,16,18). The normalized spacial score (nSPS) is 14.7. The number of nitrogens with one attached hydrogen (secondary N) is 2. The Bertz CT molecular complexity index is 544. The molecule has 0 aliphatic heterocycles. The minimum absolute atomic E-state index is 0.210. The van der Waals surface area contributed by atoms with E-state index >= 15 is 0 Å². The maximum atomic E-state index is 11.4. The van der Waals surface area contributed by atoms with Crippen LogP contribution in [0.5, 0.6) is 0 Å². The molecule has 1 amide bonds. The van der Waals surface area contributed by atoms with Crippen LogP contribution < -0.4 is 10.6 Å². The van der Waals surface area contributed by atoms with Crippen LogP contribution in [0, 0.1) is 5.92 Å². The average Bonchev–Trinajstić information content (AvgIpc) is 3.18. The van der Waals surface area contributed by atoms with Crippen molar-refractivity contribution < 1.29 is 4.79 Å². The van der Waals surface area contributed by atoms with Crippen molar-refractivity contribution in [2.75, 3.05) is 13.1 Å². The second-order valence-corrected chi connectivity index (χ2v) is 5.93. The summed E-state index contributed by atoms with van der Waals surface area (Å²) in [5, 5.41) is 7.34. The van der Waals surface area contributed by atoms with E-state index in [2.05, 4.69) is 21.7 Å². The summed E-state index contributed by atoms with van der Waals surface area (Å²) in [4.78, 5) is 16.0. The third-order valence-corrected chi connectivity index (χ3v) is 4.20. The Kier molecular flexibility index (Phi) is 3.75. The van der Waals surface area contributed by atoms with Crippen molar-refractivity contribution in [3.8, 4) is 0 Å². The summed E-state index contributed by atoms with van der Waals surface area (Å²) in [6.07, 6.45) is 2.12. The maximum Gasteiger partial charge on any atom is 0.223 e. The fourth-order valence-corrected chi connectivity index (χ4v) is 2.89. The lowest BCUT2D eigenvalue weighted by atomic mass is 10.3. The average molecular weight is 275 g/mol. The lowest BCUT2D eigenvalue weighted by Gasteiger charge is -2.04. The number of para-hydroxylation sites is 1. The van der Waals surface area contributed by atoms with E-state index in [1.54, 1.807) is 11.3 Å². The van der Waals surface area contributed by atoms with Gasteiger partial charge in [-0.1, -0.05) is 12.1 Å². The first kappa shape index (κ1) is 12.6. The van der Waals surface area contributed by atoms with E-state index in [1.165, 1.54) is 4.70 Å². The highest BCUT2D eigenvalue weighted by Crippen LogP contribution is 2.28. The molecule has 1 aromatic heterocycles. The number of nitrogens with zero attached hydrogens (tertiary/aromatic N) is 1. The third kappa shape index (κ3) is 3.30. The van der Waals surface area contributed by atoms with Crippen LogP contribution in [0.4, 0.5) is 0 Å². The van der Waals surface area contributed by atoms with Gasteiger partial charge < -0.3 is 10.6 Å². The van der Waals surface area contributed by atoms with E-state index in [4.69, 9.17) is 0 Å².